The van der Waals surface area contributed by atoms with Crippen LogP contribution < -0.4 is 5.69 Å². The Bertz CT molecular complexity index is 399. The molecule has 0 radical (unpaired) electrons. The van der Waals surface area contributed by atoms with E-state index in [0.29, 0.717) is 0 Å². The molecule has 1 heterocycles. The molecule has 0 aromatic carbocycles. The fraction of sp³-hybridized carbons (Fsp3) is 0.556. The number of hydrogen-bond donors (Lipinski definition) is 3. The lowest BCUT2D eigenvalue weighted by Crippen LogP contribution is -2.39. The number of imidazole rings is 1. The van der Waals surface area contributed by atoms with E-state index in [1.54, 1.807) is 20.9 Å². The van der Waals surface area contributed by atoms with Crippen LogP contribution in [0.15, 0.2) is 11.0 Å². The van der Waals surface area contributed by atoms with E-state index in [-0.39, 0.29) is 18.1 Å². The zero-order chi connectivity index (χ0) is 11.6. The largest absolute Gasteiger partial charge is 0.389 e. The molecule has 84 valence electrons. The number of hydrogen-bond acceptors (Lipinski definition) is 3. The van der Waals surface area contributed by atoms with Crippen LogP contribution in [0.1, 0.15) is 24.3 Å². The monoisotopic (exact) mass is 213 g/mol. The van der Waals surface area contributed by atoms with Crippen molar-refractivity contribution in [2.45, 2.75) is 19.4 Å². The van der Waals surface area contributed by atoms with Gasteiger partial charge in [0, 0.05) is 19.8 Å². The first-order valence-corrected chi connectivity index (χ1v) is 4.55. The van der Waals surface area contributed by atoms with Gasteiger partial charge in [-0.05, 0) is 13.8 Å². The molecule has 0 aliphatic carbocycles. The van der Waals surface area contributed by atoms with Gasteiger partial charge in [0.2, 0.25) is 0 Å². The summed E-state index contributed by atoms with van der Waals surface area (Å²) in [5.41, 5.74) is -1.19. The maximum atomic E-state index is 11.7. The smallest absolute Gasteiger partial charge is 0.323 e. The van der Waals surface area contributed by atoms with Crippen molar-refractivity contribution in [1.82, 2.24) is 14.9 Å². The molecule has 0 unspecified atom stereocenters. The van der Waals surface area contributed by atoms with E-state index in [9.17, 15) is 14.7 Å². The minimum atomic E-state index is -0.957. The van der Waals surface area contributed by atoms with Crippen molar-refractivity contribution in [2.75, 3.05) is 13.6 Å². The lowest BCUT2D eigenvalue weighted by atomic mass is 10.1. The van der Waals surface area contributed by atoms with Gasteiger partial charge < -0.3 is 20.0 Å². The molecule has 6 heteroatoms. The van der Waals surface area contributed by atoms with Crippen LogP contribution in [0.5, 0.6) is 0 Å². The molecule has 1 aromatic heterocycles. The Kier molecular flexibility index (Phi) is 2.99. The van der Waals surface area contributed by atoms with Gasteiger partial charge in [-0.1, -0.05) is 0 Å². The average Bonchev–Trinajstić information content (AvgIpc) is 2.47. The van der Waals surface area contributed by atoms with Crippen molar-refractivity contribution >= 4 is 5.91 Å². The summed E-state index contributed by atoms with van der Waals surface area (Å²) in [6.45, 7) is 3.41. The van der Waals surface area contributed by atoms with Crippen LogP contribution in [0.25, 0.3) is 0 Å². The molecule has 0 bridgehead atoms. The fourth-order valence-corrected chi connectivity index (χ4v) is 1.31. The number of nitrogens with one attached hydrogen (secondary N) is 2. The van der Waals surface area contributed by atoms with Crippen LogP contribution in [0.3, 0.4) is 0 Å². The highest BCUT2D eigenvalue weighted by molar-refractivity contribution is 5.91. The second kappa shape index (κ2) is 3.90. The number of aromatic nitrogens is 2. The maximum Gasteiger partial charge on any atom is 0.323 e. The summed E-state index contributed by atoms with van der Waals surface area (Å²) in [7, 11) is 1.56. The predicted molar refractivity (Wildman–Crippen MR) is 54.7 cm³/mol. The van der Waals surface area contributed by atoms with Gasteiger partial charge in [0.1, 0.15) is 5.69 Å². The van der Waals surface area contributed by atoms with Crippen LogP contribution in [0.4, 0.5) is 0 Å². The summed E-state index contributed by atoms with van der Waals surface area (Å²) in [4.78, 5) is 28.5. The average molecular weight is 213 g/mol. The first kappa shape index (κ1) is 11.5. The second-order valence-electron chi connectivity index (χ2n) is 4.13. The number of aromatic amines is 2. The predicted octanol–water partition coefficient (Wildman–Crippen LogP) is -0.454. The third kappa shape index (κ3) is 3.25. The van der Waals surface area contributed by atoms with E-state index in [0.717, 1.165) is 0 Å². The van der Waals surface area contributed by atoms with Gasteiger partial charge >= 0.3 is 5.69 Å². The molecule has 0 atom stereocenters. The molecule has 15 heavy (non-hydrogen) atoms. The lowest BCUT2D eigenvalue weighted by molar-refractivity contribution is 0.0365. The number of amides is 1. The molecule has 0 aliphatic rings. The van der Waals surface area contributed by atoms with Crippen molar-refractivity contribution in [3.05, 3.63) is 22.4 Å². The lowest BCUT2D eigenvalue weighted by Gasteiger charge is -2.24. The van der Waals surface area contributed by atoms with Crippen LogP contribution in [0.2, 0.25) is 0 Å². The molecule has 0 spiro atoms. The number of aliphatic hydroxyl groups is 1. The van der Waals surface area contributed by atoms with E-state index < -0.39 is 11.3 Å². The molecule has 1 rings (SSSR count). The zero-order valence-corrected chi connectivity index (χ0v) is 9.00. The number of carbonyl (C=O) groups excluding carboxylic acids is 1. The highest BCUT2D eigenvalue weighted by atomic mass is 16.3. The first-order valence-electron chi connectivity index (χ1n) is 4.55. The van der Waals surface area contributed by atoms with Crippen LogP contribution >= 0.6 is 0 Å². The van der Waals surface area contributed by atoms with Gasteiger partial charge in [0.05, 0.1) is 5.60 Å². The number of nitrogens with zero attached hydrogens (tertiary/aromatic N) is 1. The minimum absolute atomic E-state index is 0.187. The summed E-state index contributed by atoms with van der Waals surface area (Å²) in [6, 6.07) is 0. The SMILES string of the molecule is CN(CC(C)(C)O)C(=O)c1c[nH]c(=O)[nH]1. The third-order valence-electron chi connectivity index (χ3n) is 1.80. The van der Waals surface area contributed by atoms with Crippen LogP contribution in [-0.4, -0.2) is 45.1 Å². The van der Waals surface area contributed by atoms with Gasteiger partial charge in [-0.3, -0.25) is 4.79 Å². The van der Waals surface area contributed by atoms with E-state index in [2.05, 4.69) is 9.97 Å². The van der Waals surface area contributed by atoms with Crippen LogP contribution in [0, 0.1) is 0 Å². The molecular formula is C9H15N3O3. The van der Waals surface area contributed by atoms with Gasteiger partial charge in [-0.2, -0.15) is 0 Å². The van der Waals surface area contributed by atoms with Crippen molar-refractivity contribution in [3.8, 4) is 0 Å². The van der Waals surface area contributed by atoms with E-state index >= 15 is 0 Å². The normalized spacial score (nSPS) is 11.5. The van der Waals surface area contributed by atoms with E-state index in [4.69, 9.17) is 0 Å². The Morgan fingerprint density at radius 3 is 2.60 bits per heavy atom. The van der Waals surface area contributed by atoms with E-state index in [1.165, 1.54) is 11.1 Å². The molecule has 1 amide bonds. The van der Waals surface area contributed by atoms with E-state index in [1.807, 2.05) is 0 Å². The van der Waals surface area contributed by atoms with Gasteiger partial charge in [-0.15, -0.1) is 0 Å². The molecule has 0 saturated carbocycles. The van der Waals surface area contributed by atoms with Gasteiger partial charge in [-0.25, -0.2) is 4.79 Å². The Balaban J connectivity index is 2.73. The van der Waals surface area contributed by atoms with Crippen molar-refractivity contribution in [1.29, 1.82) is 0 Å². The van der Waals surface area contributed by atoms with Crippen LogP contribution in [-0.2, 0) is 0 Å². The summed E-state index contributed by atoms with van der Waals surface area (Å²) < 4.78 is 0. The molecule has 0 aliphatic heterocycles. The van der Waals surface area contributed by atoms with Gasteiger partial charge in [0.25, 0.3) is 5.91 Å². The minimum Gasteiger partial charge on any atom is -0.389 e. The number of likely N-dealkylation sites (N-methyl/N-ethyl adjacent to an activating group) is 1. The van der Waals surface area contributed by atoms with Gasteiger partial charge in [0.15, 0.2) is 0 Å². The number of rotatable bonds is 3. The molecule has 3 N–H and O–H groups in total. The standard InChI is InChI=1S/C9H15N3O3/c1-9(2,15)5-12(3)7(13)6-4-10-8(14)11-6/h4,15H,5H2,1-3H3,(H2,10,11,14). The Morgan fingerprint density at radius 2 is 2.20 bits per heavy atom. The first-order chi connectivity index (χ1) is 6.79. The molecule has 0 saturated heterocycles. The highest BCUT2D eigenvalue weighted by Crippen LogP contribution is 2.05. The maximum absolute atomic E-state index is 11.7. The van der Waals surface area contributed by atoms with Crippen molar-refractivity contribution < 1.29 is 9.90 Å². The Hall–Kier alpha value is -1.56. The summed E-state index contributed by atoms with van der Waals surface area (Å²) in [5, 5.41) is 9.52. The Morgan fingerprint density at radius 1 is 1.60 bits per heavy atom. The molecule has 1 aromatic rings. The number of carbonyl (C=O) groups is 1. The highest BCUT2D eigenvalue weighted by Gasteiger charge is 2.21. The second-order valence-corrected chi connectivity index (χ2v) is 4.13. The van der Waals surface area contributed by atoms with Crippen molar-refractivity contribution in [2.24, 2.45) is 0 Å². The summed E-state index contributed by atoms with van der Waals surface area (Å²) in [6.07, 6.45) is 1.31. The molecular weight excluding hydrogens is 198 g/mol. The third-order valence-corrected chi connectivity index (χ3v) is 1.80. The topological polar surface area (TPSA) is 89.2 Å². The zero-order valence-electron chi connectivity index (χ0n) is 9.00. The number of H-pyrrole nitrogens is 2. The summed E-state index contributed by atoms with van der Waals surface area (Å²) >= 11 is 0. The fourth-order valence-electron chi connectivity index (χ4n) is 1.31. The summed E-state index contributed by atoms with van der Waals surface area (Å²) in [5.74, 6) is -0.338. The quantitative estimate of drug-likeness (QED) is 0.635. The molecule has 6 nitrogen and oxygen atoms in total. The van der Waals surface area contributed by atoms with Crippen molar-refractivity contribution in [3.63, 3.8) is 0 Å². The molecule has 0 fully saturated rings. The Labute approximate surface area is 86.9 Å².